The highest BCUT2D eigenvalue weighted by Gasteiger charge is 2.41. The maximum Gasteiger partial charge on any atom is 0.391 e. The Morgan fingerprint density at radius 2 is 1.92 bits per heavy atom. The Labute approximate surface area is 148 Å². The van der Waals surface area contributed by atoms with Crippen molar-refractivity contribution in [3.8, 4) is 5.88 Å². The van der Waals surface area contributed by atoms with Crippen molar-refractivity contribution in [1.82, 2.24) is 9.97 Å². The van der Waals surface area contributed by atoms with Crippen LogP contribution in [0, 0.1) is 11.8 Å². The van der Waals surface area contributed by atoms with Crippen molar-refractivity contribution in [2.24, 2.45) is 11.8 Å². The van der Waals surface area contributed by atoms with Gasteiger partial charge in [0.25, 0.3) is 0 Å². The molecule has 1 aromatic carbocycles. The quantitative estimate of drug-likeness (QED) is 0.758. The first-order valence-electron chi connectivity index (χ1n) is 8.41. The van der Waals surface area contributed by atoms with Gasteiger partial charge in [-0.15, -0.1) is 0 Å². The SMILES string of the molecule is COC(=O)c1ccc2c(OC[C@H]3CC[C@H](C(F)(F)F)CC3)ncnc2c1. The number of ether oxygens (including phenoxy) is 2. The number of methoxy groups -OCH3 is 1. The number of carbonyl (C=O) groups is 1. The molecule has 26 heavy (non-hydrogen) atoms. The molecule has 8 heteroatoms. The van der Waals surface area contributed by atoms with E-state index in [1.807, 2.05) is 0 Å². The highest BCUT2D eigenvalue weighted by molar-refractivity contribution is 5.95. The maximum absolute atomic E-state index is 12.7. The van der Waals surface area contributed by atoms with Crippen molar-refractivity contribution in [3.63, 3.8) is 0 Å². The molecule has 140 valence electrons. The molecule has 1 heterocycles. The van der Waals surface area contributed by atoms with Crippen LogP contribution in [0.1, 0.15) is 36.0 Å². The summed E-state index contributed by atoms with van der Waals surface area (Å²) in [4.78, 5) is 19.8. The Kier molecular flexibility index (Phi) is 5.29. The number of carbonyl (C=O) groups excluding carboxylic acids is 1. The van der Waals surface area contributed by atoms with E-state index in [1.165, 1.54) is 13.4 Å². The predicted octanol–water partition coefficient (Wildman–Crippen LogP) is 4.16. The van der Waals surface area contributed by atoms with Crippen LogP contribution in [0.2, 0.25) is 0 Å². The Hall–Kier alpha value is -2.38. The van der Waals surface area contributed by atoms with Crippen LogP contribution in [-0.4, -0.2) is 35.8 Å². The summed E-state index contributed by atoms with van der Waals surface area (Å²) >= 11 is 0. The van der Waals surface area contributed by atoms with E-state index in [9.17, 15) is 18.0 Å². The number of alkyl halides is 3. The van der Waals surface area contributed by atoms with Crippen LogP contribution in [0.25, 0.3) is 10.9 Å². The summed E-state index contributed by atoms with van der Waals surface area (Å²) in [5.74, 6) is -1.22. The number of hydrogen-bond donors (Lipinski definition) is 0. The van der Waals surface area contributed by atoms with E-state index in [4.69, 9.17) is 4.74 Å². The number of nitrogens with zero attached hydrogens (tertiary/aromatic N) is 2. The van der Waals surface area contributed by atoms with Crippen LogP contribution < -0.4 is 4.74 Å². The molecule has 1 saturated carbocycles. The van der Waals surface area contributed by atoms with Gasteiger partial charge >= 0.3 is 12.1 Å². The molecule has 0 saturated heterocycles. The van der Waals surface area contributed by atoms with E-state index in [0.29, 0.717) is 41.8 Å². The first kappa shape index (κ1) is 18.4. The van der Waals surface area contributed by atoms with E-state index in [0.717, 1.165) is 0 Å². The van der Waals surface area contributed by atoms with Crippen molar-refractivity contribution in [1.29, 1.82) is 0 Å². The van der Waals surface area contributed by atoms with Crippen LogP contribution >= 0.6 is 0 Å². The maximum atomic E-state index is 12.7. The second-order valence-corrected chi connectivity index (χ2v) is 6.47. The minimum Gasteiger partial charge on any atom is -0.477 e. The summed E-state index contributed by atoms with van der Waals surface area (Å²) in [6.45, 7) is 0.315. The molecule has 1 fully saturated rings. The lowest BCUT2D eigenvalue weighted by atomic mass is 9.82. The van der Waals surface area contributed by atoms with Crippen LogP contribution in [-0.2, 0) is 4.74 Å². The summed E-state index contributed by atoms with van der Waals surface area (Å²) in [6, 6.07) is 4.86. The lowest BCUT2D eigenvalue weighted by Gasteiger charge is -2.29. The lowest BCUT2D eigenvalue weighted by Crippen LogP contribution is -2.29. The Morgan fingerprint density at radius 3 is 2.58 bits per heavy atom. The second-order valence-electron chi connectivity index (χ2n) is 6.47. The summed E-state index contributed by atoms with van der Waals surface area (Å²) in [6.07, 6.45) is -1.51. The molecule has 1 aromatic heterocycles. The highest BCUT2D eigenvalue weighted by atomic mass is 19.4. The largest absolute Gasteiger partial charge is 0.477 e. The number of hydrogen-bond acceptors (Lipinski definition) is 5. The number of benzene rings is 1. The van der Waals surface area contributed by atoms with Gasteiger partial charge in [-0.25, -0.2) is 14.8 Å². The Morgan fingerprint density at radius 1 is 1.19 bits per heavy atom. The first-order chi connectivity index (χ1) is 12.4. The number of rotatable bonds is 4. The third-order valence-corrected chi connectivity index (χ3v) is 4.79. The fraction of sp³-hybridized carbons (Fsp3) is 0.500. The summed E-state index contributed by atoms with van der Waals surface area (Å²) in [5, 5.41) is 0.643. The van der Waals surface area contributed by atoms with Crippen molar-refractivity contribution in [2.75, 3.05) is 13.7 Å². The zero-order valence-electron chi connectivity index (χ0n) is 14.3. The van der Waals surface area contributed by atoms with Gasteiger partial charge < -0.3 is 9.47 Å². The van der Waals surface area contributed by atoms with Gasteiger partial charge in [0.1, 0.15) is 6.33 Å². The molecule has 0 N–H and O–H groups in total. The molecule has 3 rings (SSSR count). The monoisotopic (exact) mass is 368 g/mol. The van der Waals surface area contributed by atoms with Crippen LogP contribution in [0.3, 0.4) is 0 Å². The number of aromatic nitrogens is 2. The summed E-state index contributed by atoms with van der Waals surface area (Å²) < 4.78 is 48.6. The molecule has 0 radical (unpaired) electrons. The molecular weight excluding hydrogens is 349 g/mol. The fourth-order valence-corrected chi connectivity index (χ4v) is 3.25. The van der Waals surface area contributed by atoms with E-state index in [2.05, 4.69) is 14.7 Å². The summed E-state index contributed by atoms with van der Waals surface area (Å²) in [7, 11) is 1.30. The number of esters is 1. The Bertz CT molecular complexity index is 787. The van der Waals surface area contributed by atoms with Gasteiger partial charge in [-0.2, -0.15) is 13.2 Å². The third kappa shape index (κ3) is 4.05. The zero-order chi connectivity index (χ0) is 18.7. The third-order valence-electron chi connectivity index (χ3n) is 4.79. The van der Waals surface area contributed by atoms with Gasteiger partial charge in [0.2, 0.25) is 5.88 Å². The minimum absolute atomic E-state index is 0.0768. The van der Waals surface area contributed by atoms with Crippen LogP contribution in [0.15, 0.2) is 24.5 Å². The van der Waals surface area contributed by atoms with Gasteiger partial charge in [-0.1, -0.05) is 0 Å². The van der Waals surface area contributed by atoms with Gasteiger partial charge in [-0.3, -0.25) is 0 Å². The molecule has 5 nitrogen and oxygen atoms in total. The van der Waals surface area contributed by atoms with Gasteiger partial charge in [0.15, 0.2) is 0 Å². The second kappa shape index (κ2) is 7.47. The fourth-order valence-electron chi connectivity index (χ4n) is 3.25. The number of fused-ring (bicyclic) bond motifs is 1. The first-order valence-corrected chi connectivity index (χ1v) is 8.41. The smallest absolute Gasteiger partial charge is 0.391 e. The van der Waals surface area contributed by atoms with Gasteiger partial charge in [0, 0.05) is 0 Å². The molecule has 0 amide bonds. The molecule has 0 unspecified atom stereocenters. The van der Waals surface area contributed by atoms with Crippen molar-refractivity contribution in [2.45, 2.75) is 31.9 Å². The molecular formula is C18H19F3N2O3. The van der Waals surface area contributed by atoms with Crippen molar-refractivity contribution in [3.05, 3.63) is 30.1 Å². The average molecular weight is 368 g/mol. The predicted molar refractivity (Wildman–Crippen MR) is 87.9 cm³/mol. The van der Waals surface area contributed by atoms with E-state index in [1.54, 1.807) is 18.2 Å². The molecule has 0 spiro atoms. The molecule has 1 aliphatic rings. The zero-order valence-corrected chi connectivity index (χ0v) is 14.3. The summed E-state index contributed by atoms with van der Waals surface area (Å²) in [5.41, 5.74) is 0.911. The molecule has 1 aliphatic carbocycles. The Balaban J connectivity index is 1.65. The van der Waals surface area contributed by atoms with E-state index in [-0.39, 0.29) is 18.8 Å². The highest BCUT2D eigenvalue weighted by Crippen LogP contribution is 2.39. The van der Waals surface area contributed by atoms with E-state index >= 15 is 0 Å². The van der Waals surface area contributed by atoms with Crippen molar-refractivity contribution >= 4 is 16.9 Å². The van der Waals surface area contributed by atoms with E-state index < -0.39 is 18.1 Å². The lowest BCUT2D eigenvalue weighted by molar-refractivity contribution is -0.184. The van der Waals surface area contributed by atoms with Crippen LogP contribution in [0.4, 0.5) is 13.2 Å². The average Bonchev–Trinajstić information content (AvgIpc) is 2.64. The molecule has 0 bridgehead atoms. The standard InChI is InChI=1S/C18H19F3N2O3/c1-25-17(24)12-4-7-14-15(8-12)22-10-23-16(14)26-9-11-2-5-13(6-3-11)18(19,20)21/h4,7-8,10-11,13H,2-3,5-6,9H2,1H3/t11-,13-. The topological polar surface area (TPSA) is 61.3 Å². The minimum atomic E-state index is -4.11. The normalized spacial score (nSPS) is 20.8. The van der Waals surface area contributed by atoms with Crippen molar-refractivity contribution < 1.29 is 27.4 Å². The number of halogens is 3. The van der Waals surface area contributed by atoms with Gasteiger partial charge in [0.05, 0.1) is 36.1 Å². The molecule has 0 aliphatic heterocycles. The van der Waals surface area contributed by atoms with Crippen LogP contribution in [0.5, 0.6) is 5.88 Å². The van der Waals surface area contributed by atoms with Gasteiger partial charge in [-0.05, 0) is 49.8 Å². The molecule has 0 atom stereocenters. The molecule has 2 aromatic rings.